The van der Waals surface area contributed by atoms with Crippen molar-refractivity contribution in [2.24, 2.45) is 0 Å². The molecule has 0 radical (unpaired) electrons. The summed E-state index contributed by atoms with van der Waals surface area (Å²) in [5.74, 6) is 0.835. The zero-order chi connectivity index (χ0) is 28.9. The first-order valence-corrected chi connectivity index (χ1v) is 12.1. The molecule has 12 heteroatoms. The molecule has 9 nitrogen and oxygen atoms in total. The average molecular weight is 558 g/mol. The van der Waals surface area contributed by atoms with E-state index in [-0.39, 0.29) is 18.5 Å². The number of aryl methyl sites for hydroxylation is 1. The number of rotatable bonds is 11. The topological polar surface area (TPSA) is 105 Å². The van der Waals surface area contributed by atoms with Crippen molar-refractivity contribution in [2.45, 2.75) is 39.8 Å². The van der Waals surface area contributed by atoms with Crippen LogP contribution in [-0.2, 0) is 11.4 Å². The van der Waals surface area contributed by atoms with Gasteiger partial charge in [0, 0.05) is 5.56 Å². The molecular weight excluding hydrogens is 531 g/mol. The molecule has 0 aliphatic heterocycles. The van der Waals surface area contributed by atoms with E-state index in [1.807, 2.05) is 13.8 Å². The van der Waals surface area contributed by atoms with Gasteiger partial charge < -0.3 is 24.1 Å². The van der Waals surface area contributed by atoms with Crippen LogP contribution >= 0.6 is 0 Å². The predicted molar refractivity (Wildman–Crippen MR) is 138 cm³/mol. The average Bonchev–Trinajstić information content (AvgIpc) is 3.31. The second kappa shape index (κ2) is 12.0. The fourth-order valence-electron chi connectivity index (χ4n) is 3.69. The minimum Gasteiger partial charge on any atom is -0.491 e. The standard InChI is InChI=1S/C28H26F3N3O6/c1-17(2)39-21-10-6-20(7-11-21)34-27(19-4-8-22(9-5-19)40-28(29,30)31)32-25(33-34)15-37-23-12-13-24(18(3)14-23)38-16-26(35)36/h4-14,17H,15-16H2,1-3H3,(H,35,36). The van der Waals surface area contributed by atoms with Gasteiger partial charge in [-0.05, 0) is 93.1 Å². The molecule has 4 aromatic rings. The lowest BCUT2D eigenvalue weighted by Crippen LogP contribution is -2.16. The summed E-state index contributed by atoms with van der Waals surface area (Å²) in [5, 5.41) is 13.4. The Morgan fingerprint density at radius 3 is 2.20 bits per heavy atom. The summed E-state index contributed by atoms with van der Waals surface area (Å²) in [5.41, 5.74) is 1.84. The minimum absolute atomic E-state index is 0.00426. The Hall–Kier alpha value is -4.74. The van der Waals surface area contributed by atoms with Crippen LogP contribution in [0.2, 0.25) is 0 Å². The van der Waals surface area contributed by atoms with Gasteiger partial charge in [-0.25, -0.2) is 14.5 Å². The molecule has 0 aliphatic rings. The summed E-state index contributed by atoms with van der Waals surface area (Å²) in [4.78, 5) is 15.3. The van der Waals surface area contributed by atoms with Gasteiger partial charge in [-0.1, -0.05) is 0 Å². The van der Waals surface area contributed by atoms with E-state index in [1.165, 1.54) is 24.3 Å². The molecule has 1 N–H and O–H groups in total. The number of halogens is 3. The number of carboxylic acid groups (broad SMARTS) is 1. The number of aromatic nitrogens is 3. The fourth-order valence-corrected chi connectivity index (χ4v) is 3.69. The Balaban J connectivity index is 1.59. The molecule has 0 atom stereocenters. The fraction of sp³-hybridized carbons (Fsp3) is 0.250. The number of benzene rings is 3. The van der Waals surface area contributed by atoms with Crippen molar-refractivity contribution in [3.05, 3.63) is 78.1 Å². The molecule has 1 heterocycles. The van der Waals surface area contributed by atoms with Crippen LogP contribution in [0.3, 0.4) is 0 Å². The maximum Gasteiger partial charge on any atom is 0.573 e. The Morgan fingerprint density at radius 2 is 1.60 bits per heavy atom. The highest BCUT2D eigenvalue weighted by atomic mass is 19.4. The summed E-state index contributed by atoms with van der Waals surface area (Å²) in [6.07, 6.45) is -4.81. The Morgan fingerprint density at radius 1 is 0.950 bits per heavy atom. The molecule has 0 amide bonds. The number of carboxylic acids is 1. The number of carbonyl (C=O) groups is 1. The molecule has 4 rings (SSSR count). The van der Waals surface area contributed by atoms with Crippen LogP contribution in [0.25, 0.3) is 17.1 Å². The van der Waals surface area contributed by atoms with Gasteiger partial charge in [-0.3, -0.25) is 0 Å². The van der Waals surface area contributed by atoms with Gasteiger partial charge in [0.05, 0.1) is 11.8 Å². The maximum atomic E-state index is 12.6. The van der Waals surface area contributed by atoms with Crippen LogP contribution in [0.5, 0.6) is 23.0 Å². The van der Waals surface area contributed by atoms with E-state index in [0.717, 1.165) is 0 Å². The molecule has 3 aromatic carbocycles. The van der Waals surface area contributed by atoms with Gasteiger partial charge in [0.2, 0.25) is 0 Å². The highest BCUT2D eigenvalue weighted by Gasteiger charge is 2.31. The zero-order valence-corrected chi connectivity index (χ0v) is 21.8. The van der Waals surface area contributed by atoms with Crippen molar-refractivity contribution >= 4 is 5.97 Å². The number of aliphatic carboxylic acids is 1. The van der Waals surface area contributed by atoms with E-state index in [2.05, 4.69) is 14.8 Å². The Labute approximate surface area is 227 Å². The van der Waals surface area contributed by atoms with E-state index < -0.39 is 18.9 Å². The van der Waals surface area contributed by atoms with Gasteiger partial charge in [0.1, 0.15) is 29.6 Å². The first kappa shape index (κ1) is 28.3. The van der Waals surface area contributed by atoms with Crippen molar-refractivity contribution in [3.63, 3.8) is 0 Å². The van der Waals surface area contributed by atoms with Crippen LogP contribution in [0.4, 0.5) is 13.2 Å². The smallest absolute Gasteiger partial charge is 0.491 e. The molecule has 0 bridgehead atoms. The molecule has 40 heavy (non-hydrogen) atoms. The molecule has 0 aliphatic carbocycles. The van der Waals surface area contributed by atoms with Gasteiger partial charge in [0.25, 0.3) is 0 Å². The number of ether oxygens (including phenoxy) is 4. The maximum absolute atomic E-state index is 12.6. The van der Waals surface area contributed by atoms with Crippen LogP contribution in [0.1, 0.15) is 25.2 Å². The lowest BCUT2D eigenvalue weighted by Gasteiger charge is -2.11. The first-order valence-electron chi connectivity index (χ1n) is 12.1. The third-order valence-corrected chi connectivity index (χ3v) is 5.32. The predicted octanol–water partition coefficient (Wildman–Crippen LogP) is 5.97. The number of nitrogens with zero attached hydrogens (tertiary/aromatic N) is 3. The van der Waals surface area contributed by atoms with E-state index in [1.54, 1.807) is 54.1 Å². The Kier molecular flexibility index (Phi) is 8.46. The van der Waals surface area contributed by atoms with Crippen LogP contribution in [0, 0.1) is 6.92 Å². The lowest BCUT2D eigenvalue weighted by molar-refractivity contribution is -0.274. The van der Waals surface area contributed by atoms with Crippen molar-refractivity contribution in [2.75, 3.05) is 6.61 Å². The summed E-state index contributed by atoms with van der Waals surface area (Å²) in [7, 11) is 0. The third-order valence-electron chi connectivity index (χ3n) is 5.32. The van der Waals surface area contributed by atoms with Gasteiger partial charge >= 0.3 is 12.3 Å². The van der Waals surface area contributed by atoms with Gasteiger partial charge in [0.15, 0.2) is 18.3 Å². The zero-order valence-electron chi connectivity index (χ0n) is 21.8. The largest absolute Gasteiger partial charge is 0.573 e. The first-order chi connectivity index (χ1) is 19.0. The summed E-state index contributed by atoms with van der Waals surface area (Å²) in [6.45, 7) is 5.12. The highest BCUT2D eigenvalue weighted by Crippen LogP contribution is 2.29. The van der Waals surface area contributed by atoms with Gasteiger partial charge in [-0.15, -0.1) is 18.3 Å². The molecule has 0 saturated carbocycles. The summed E-state index contributed by atoms with van der Waals surface area (Å²) >= 11 is 0. The molecule has 0 saturated heterocycles. The van der Waals surface area contributed by atoms with Crippen LogP contribution in [-0.4, -0.2) is 44.9 Å². The van der Waals surface area contributed by atoms with E-state index >= 15 is 0 Å². The number of hydrogen-bond acceptors (Lipinski definition) is 7. The van der Waals surface area contributed by atoms with Crippen molar-refractivity contribution in [1.29, 1.82) is 0 Å². The van der Waals surface area contributed by atoms with Crippen molar-refractivity contribution in [1.82, 2.24) is 14.8 Å². The minimum atomic E-state index is -4.80. The second-order valence-corrected chi connectivity index (χ2v) is 8.89. The molecular formula is C28H26F3N3O6. The molecule has 0 spiro atoms. The number of alkyl halides is 3. The molecule has 0 fully saturated rings. The second-order valence-electron chi connectivity index (χ2n) is 8.89. The highest BCUT2D eigenvalue weighted by molar-refractivity contribution is 5.68. The number of hydrogen-bond donors (Lipinski definition) is 1. The quantitative estimate of drug-likeness (QED) is 0.241. The summed E-state index contributed by atoms with van der Waals surface area (Å²) in [6, 6.07) is 17.4. The van der Waals surface area contributed by atoms with Crippen molar-refractivity contribution < 1.29 is 42.0 Å². The van der Waals surface area contributed by atoms with E-state index in [9.17, 15) is 18.0 Å². The van der Waals surface area contributed by atoms with Crippen molar-refractivity contribution in [3.8, 4) is 40.1 Å². The third kappa shape index (κ3) is 7.65. The normalized spacial score (nSPS) is 11.4. The lowest BCUT2D eigenvalue weighted by atomic mass is 10.2. The molecule has 1 aromatic heterocycles. The van der Waals surface area contributed by atoms with Gasteiger partial charge in [-0.2, -0.15) is 0 Å². The molecule has 0 unspecified atom stereocenters. The van der Waals surface area contributed by atoms with Crippen LogP contribution < -0.4 is 18.9 Å². The summed E-state index contributed by atoms with van der Waals surface area (Å²) < 4.78 is 60.1. The van der Waals surface area contributed by atoms with E-state index in [4.69, 9.17) is 19.3 Å². The Bertz CT molecular complexity index is 1450. The SMILES string of the molecule is Cc1cc(OCc2nc(-c3ccc(OC(F)(F)F)cc3)n(-c3ccc(OC(C)C)cc3)n2)ccc1OCC(=O)O. The molecule has 210 valence electrons. The monoisotopic (exact) mass is 557 g/mol. The van der Waals surface area contributed by atoms with E-state index in [0.29, 0.717) is 45.7 Å². The van der Waals surface area contributed by atoms with Crippen LogP contribution in [0.15, 0.2) is 66.7 Å².